The number of esters is 1. The largest absolute Gasteiger partial charge is 0.489 e. The molecule has 0 saturated heterocycles. The molecule has 0 radical (unpaired) electrons. The van der Waals surface area contributed by atoms with E-state index in [0.717, 1.165) is 27.7 Å². The van der Waals surface area contributed by atoms with Gasteiger partial charge in [-0.3, -0.25) is 0 Å². The van der Waals surface area contributed by atoms with Crippen molar-refractivity contribution in [3.05, 3.63) is 60.4 Å². The highest BCUT2D eigenvalue weighted by Gasteiger charge is 2.14. The molecule has 3 aromatic heterocycles. The Morgan fingerprint density at radius 2 is 1.78 bits per heavy atom. The van der Waals surface area contributed by atoms with Crippen LogP contribution in [0.25, 0.3) is 22.0 Å². The van der Waals surface area contributed by atoms with Crippen LogP contribution in [0.5, 0.6) is 11.6 Å². The summed E-state index contributed by atoms with van der Waals surface area (Å²) in [6.07, 6.45) is 6.25. The number of nitrogens with zero attached hydrogens (tertiary/aromatic N) is 6. The number of hydrogen-bond donors (Lipinski definition) is 0. The van der Waals surface area contributed by atoms with Crippen molar-refractivity contribution in [1.82, 2.24) is 24.9 Å². The number of aromatic nitrogens is 5. The quantitative estimate of drug-likeness (QED) is 0.305. The average molecular weight is 489 g/mol. The van der Waals surface area contributed by atoms with E-state index in [2.05, 4.69) is 24.9 Å². The van der Waals surface area contributed by atoms with Gasteiger partial charge in [-0.15, -0.1) is 0 Å². The molecule has 0 amide bonds. The summed E-state index contributed by atoms with van der Waals surface area (Å²) < 4.78 is 16.4. The summed E-state index contributed by atoms with van der Waals surface area (Å²) in [7, 11) is 1.59. The van der Waals surface area contributed by atoms with Crippen molar-refractivity contribution in [3.8, 4) is 22.8 Å². The molecule has 4 rings (SSSR count). The number of hydrogen-bond acceptors (Lipinski definition) is 10. The van der Waals surface area contributed by atoms with E-state index in [-0.39, 0.29) is 0 Å². The molecular formula is C26H28N6O4. The number of anilines is 1. The minimum atomic E-state index is -0.438. The standard InChI is InChI=1S/C26H28N6O4/c1-5-32(26-28-14-20(15-29-26)25(33)35-6-2)9-10-36-22-12-19(18-7-8-23(34-4)27-13-18)11-21-17(3)30-16-31-24(21)22/h7-8,11-16H,5-6,9-10H2,1-4H3. The van der Waals surface area contributed by atoms with Crippen LogP contribution in [-0.4, -0.2) is 64.3 Å². The number of carbonyl (C=O) groups is 1. The molecule has 0 fully saturated rings. The van der Waals surface area contributed by atoms with E-state index < -0.39 is 5.97 Å². The van der Waals surface area contributed by atoms with Crippen LogP contribution in [0, 0.1) is 6.92 Å². The van der Waals surface area contributed by atoms with Crippen molar-refractivity contribution in [3.63, 3.8) is 0 Å². The zero-order valence-corrected chi connectivity index (χ0v) is 20.8. The average Bonchev–Trinajstić information content (AvgIpc) is 2.91. The molecule has 36 heavy (non-hydrogen) atoms. The summed E-state index contributed by atoms with van der Waals surface area (Å²) in [5, 5.41) is 0.908. The van der Waals surface area contributed by atoms with E-state index in [4.69, 9.17) is 14.2 Å². The smallest absolute Gasteiger partial charge is 0.341 e. The van der Waals surface area contributed by atoms with Gasteiger partial charge in [0.1, 0.15) is 24.2 Å². The van der Waals surface area contributed by atoms with E-state index in [9.17, 15) is 4.79 Å². The van der Waals surface area contributed by atoms with Crippen LogP contribution in [-0.2, 0) is 4.74 Å². The molecule has 0 aliphatic heterocycles. The first kappa shape index (κ1) is 24.8. The number of likely N-dealkylation sites (N-methyl/N-ethyl adjacent to an activating group) is 1. The van der Waals surface area contributed by atoms with Crippen LogP contribution in [0.15, 0.2) is 49.2 Å². The van der Waals surface area contributed by atoms with Crippen LogP contribution < -0.4 is 14.4 Å². The van der Waals surface area contributed by atoms with Gasteiger partial charge in [0, 0.05) is 47.8 Å². The zero-order chi connectivity index (χ0) is 25.5. The lowest BCUT2D eigenvalue weighted by Crippen LogP contribution is -2.29. The number of ether oxygens (including phenoxy) is 3. The van der Waals surface area contributed by atoms with Gasteiger partial charge in [0.15, 0.2) is 0 Å². The summed E-state index contributed by atoms with van der Waals surface area (Å²) in [6, 6.07) is 7.77. The van der Waals surface area contributed by atoms with E-state index in [0.29, 0.717) is 49.4 Å². The van der Waals surface area contributed by atoms with E-state index in [1.807, 2.05) is 43.0 Å². The number of aryl methyl sites for hydroxylation is 1. The topological polar surface area (TPSA) is 112 Å². The van der Waals surface area contributed by atoms with E-state index in [1.165, 1.54) is 18.7 Å². The van der Waals surface area contributed by atoms with Crippen molar-refractivity contribution in [2.75, 3.05) is 38.3 Å². The second kappa shape index (κ2) is 11.4. The Kier molecular flexibility index (Phi) is 7.84. The third kappa shape index (κ3) is 5.48. The number of methoxy groups -OCH3 is 1. The molecule has 1 aromatic carbocycles. The minimum absolute atomic E-state index is 0.300. The molecule has 0 saturated carbocycles. The highest BCUT2D eigenvalue weighted by molar-refractivity contribution is 5.91. The van der Waals surface area contributed by atoms with Crippen LogP contribution in [0.4, 0.5) is 5.95 Å². The molecule has 0 aliphatic carbocycles. The second-order valence-electron chi connectivity index (χ2n) is 7.84. The first-order valence-electron chi connectivity index (χ1n) is 11.7. The van der Waals surface area contributed by atoms with Gasteiger partial charge in [0.05, 0.1) is 25.8 Å². The van der Waals surface area contributed by atoms with Gasteiger partial charge in [-0.25, -0.2) is 29.7 Å². The Bertz CT molecular complexity index is 1330. The molecule has 4 aromatic rings. The number of benzene rings is 1. The van der Waals surface area contributed by atoms with Crippen molar-refractivity contribution in [2.45, 2.75) is 20.8 Å². The second-order valence-corrected chi connectivity index (χ2v) is 7.84. The maximum Gasteiger partial charge on any atom is 0.341 e. The van der Waals surface area contributed by atoms with Gasteiger partial charge < -0.3 is 19.1 Å². The third-order valence-electron chi connectivity index (χ3n) is 5.61. The minimum Gasteiger partial charge on any atom is -0.489 e. The summed E-state index contributed by atoms with van der Waals surface area (Å²) in [4.78, 5) is 35.6. The van der Waals surface area contributed by atoms with Gasteiger partial charge in [-0.05, 0) is 44.5 Å². The van der Waals surface area contributed by atoms with Crippen molar-refractivity contribution >= 4 is 22.8 Å². The molecule has 10 nitrogen and oxygen atoms in total. The molecular weight excluding hydrogens is 460 g/mol. The van der Waals surface area contributed by atoms with Crippen molar-refractivity contribution < 1.29 is 19.0 Å². The fraction of sp³-hybridized carbons (Fsp3) is 0.308. The van der Waals surface area contributed by atoms with Gasteiger partial charge in [-0.2, -0.15) is 0 Å². The van der Waals surface area contributed by atoms with Gasteiger partial charge in [0.25, 0.3) is 0 Å². The molecule has 0 atom stereocenters. The SMILES string of the molecule is CCOC(=O)c1cnc(N(CC)CCOc2cc(-c3ccc(OC)nc3)cc3c(C)ncnc23)nc1. The first-order chi connectivity index (χ1) is 17.5. The molecule has 0 spiro atoms. The lowest BCUT2D eigenvalue weighted by molar-refractivity contribution is 0.0525. The molecule has 0 N–H and O–H groups in total. The number of carbonyl (C=O) groups excluding carboxylic acids is 1. The Balaban J connectivity index is 1.53. The zero-order valence-electron chi connectivity index (χ0n) is 20.8. The maximum absolute atomic E-state index is 11.9. The summed E-state index contributed by atoms with van der Waals surface area (Å²) in [6.45, 7) is 7.59. The molecule has 3 heterocycles. The van der Waals surface area contributed by atoms with Gasteiger partial charge in [0.2, 0.25) is 11.8 Å². The van der Waals surface area contributed by atoms with Crippen molar-refractivity contribution in [2.24, 2.45) is 0 Å². The number of fused-ring (bicyclic) bond motifs is 1. The Labute approximate surface area is 209 Å². The third-order valence-corrected chi connectivity index (χ3v) is 5.61. The molecule has 0 bridgehead atoms. The predicted octanol–water partition coefficient (Wildman–Crippen LogP) is 3.88. The fourth-order valence-corrected chi connectivity index (χ4v) is 3.68. The lowest BCUT2D eigenvalue weighted by Gasteiger charge is -2.21. The summed E-state index contributed by atoms with van der Waals surface area (Å²) in [5.41, 5.74) is 3.79. The van der Waals surface area contributed by atoms with Gasteiger partial charge in [-0.1, -0.05) is 0 Å². The first-order valence-corrected chi connectivity index (χ1v) is 11.7. The monoisotopic (exact) mass is 488 g/mol. The van der Waals surface area contributed by atoms with Crippen LogP contribution >= 0.6 is 0 Å². The normalized spacial score (nSPS) is 10.8. The molecule has 0 unspecified atom stereocenters. The summed E-state index contributed by atoms with van der Waals surface area (Å²) in [5.74, 6) is 1.27. The molecule has 186 valence electrons. The Morgan fingerprint density at radius 3 is 2.44 bits per heavy atom. The van der Waals surface area contributed by atoms with Crippen molar-refractivity contribution in [1.29, 1.82) is 0 Å². The Morgan fingerprint density at radius 1 is 0.972 bits per heavy atom. The number of rotatable bonds is 10. The lowest BCUT2D eigenvalue weighted by atomic mass is 10.0. The summed E-state index contributed by atoms with van der Waals surface area (Å²) >= 11 is 0. The van der Waals surface area contributed by atoms with E-state index >= 15 is 0 Å². The maximum atomic E-state index is 11.9. The number of pyridine rings is 1. The Hall–Kier alpha value is -4.34. The molecule has 0 aliphatic rings. The van der Waals surface area contributed by atoms with Crippen LogP contribution in [0.1, 0.15) is 29.9 Å². The fourth-order valence-electron chi connectivity index (χ4n) is 3.68. The highest BCUT2D eigenvalue weighted by Crippen LogP contribution is 2.32. The predicted molar refractivity (Wildman–Crippen MR) is 135 cm³/mol. The van der Waals surface area contributed by atoms with E-state index in [1.54, 1.807) is 20.2 Å². The highest BCUT2D eigenvalue weighted by atomic mass is 16.5. The van der Waals surface area contributed by atoms with Crippen LogP contribution in [0.3, 0.4) is 0 Å². The molecule has 10 heteroatoms. The van der Waals surface area contributed by atoms with Crippen LogP contribution in [0.2, 0.25) is 0 Å². The van der Waals surface area contributed by atoms with Gasteiger partial charge >= 0.3 is 5.97 Å².